The lowest BCUT2D eigenvalue weighted by molar-refractivity contribution is 0.00416. The molecule has 1 aromatic carbocycles. The molecule has 4 nitrogen and oxygen atoms in total. The normalized spacial score (nSPS) is 21.2. The molecule has 2 unspecified atom stereocenters. The average Bonchev–Trinajstić information content (AvgIpc) is 2.51. The Morgan fingerprint density at radius 2 is 1.80 bits per heavy atom. The molecule has 1 aliphatic rings. The SMILES string of the molecule is CCCCCc1cc(O)c(C2C=C(C)CCC2C(C)(C)O)c(O)c1O. The molecule has 1 aromatic rings. The zero-order valence-electron chi connectivity index (χ0n) is 15.8. The number of aryl methyl sites for hydroxylation is 1. The molecule has 140 valence electrons. The minimum atomic E-state index is -0.948. The van der Waals surface area contributed by atoms with Crippen LogP contribution in [0.5, 0.6) is 17.2 Å². The molecule has 2 atom stereocenters. The van der Waals surface area contributed by atoms with Gasteiger partial charge < -0.3 is 20.4 Å². The van der Waals surface area contributed by atoms with Crippen LogP contribution in [-0.2, 0) is 6.42 Å². The molecule has 4 heteroatoms. The molecular formula is C21H32O4. The van der Waals surface area contributed by atoms with Crippen LogP contribution in [0.2, 0.25) is 0 Å². The molecule has 4 N–H and O–H groups in total. The summed E-state index contributed by atoms with van der Waals surface area (Å²) in [4.78, 5) is 0. The van der Waals surface area contributed by atoms with Crippen molar-refractivity contribution in [3.63, 3.8) is 0 Å². The first kappa shape index (κ1) is 19.6. The summed E-state index contributed by atoms with van der Waals surface area (Å²) < 4.78 is 0. The fourth-order valence-corrected chi connectivity index (χ4v) is 3.94. The molecule has 0 radical (unpaired) electrons. The molecule has 0 aliphatic heterocycles. The molecule has 0 amide bonds. The van der Waals surface area contributed by atoms with Gasteiger partial charge in [0.15, 0.2) is 11.5 Å². The maximum absolute atomic E-state index is 10.6. The maximum atomic E-state index is 10.6. The molecule has 0 spiro atoms. The smallest absolute Gasteiger partial charge is 0.165 e. The maximum Gasteiger partial charge on any atom is 0.165 e. The van der Waals surface area contributed by atoms with E-state index in [0.717, 1.165) is 37.7 Å². The van der Waals surface area contributed by atoms with Crippen LogP contribution in [0.25, 0.3) is 0 Å². The third-order valence-electron chi connectivity index (χ3n) is 5.41. The van der Waals surface area contributed by atoms with Crippen LogP contribution in [0.4, 0.5) is 0 Å². The standard InChI is InChI=1S/C21H32O4/c1-5-6-7-8-14-12-17(22)18(20(24)19(14)23)15-11-13(2)9-10-16(15)21(3,4)25/h11-12,15-16,22-25H,5-10H2,1-4H3. The van der Waals surface area contributed by atoms with Crippen LogP contribution in [0.15, 0.2) is 17.7 Å². The molecule has 25 heavy (non-hydrogen) atoms. The Morgan fingerprint density at radius 1 is 1.12 bits per heavy atom. The number of allylic oxidation sites excluding steroid dienone is 2. The highest BCUT2D eigenvalue weighted by molar-refractivity contribution is 5.59. The van der Waals surface area contributed by atoms with Gasteiger partial charge in [-0.25, -0.2) is 0 Å². The van der Waals surface area contributed by atoms with Crippen molar-refractivity contribution in [3.05, 3.63) is 28.8 Å². The van der Waals surface area contributed by atoms with Gasteiger partial charge in [0.05, 0.1) is 5.60 Å². The molecule has 0 fully saturated rings. The monoisotopic (exact) mass is 348 g/mol. The molecule has 0 aromatic heterocycles. The van der Waals surface area contributed by atoms with E-state index in [1.54, 1.807) is 19.9 Å². The van der Waals surface area contributed by atoms with E-state index in [1.807, 2.05) is 13.0 Å². The summed E-state index contributed by atoms with van der Waals surface area (Å²) in [5.74, 6) is -0.874. The van der Waals surface area contributed by atoms with E-state index in [0.29, 0.717) is 17.5 Å². The van der Waals surface area contributed by atoms with Crippen molar-refractivity contribution in [2.75, 3.05) is 0 Å². The summed E-state index contributed by atoms with van der Waals surface area (Å²) in [6.45, 7) is 7.63. The highest BCUT2D eigenvalue weighted by Crippen LogP contribution is 2.50. The summed E-state index contributed by atoms with van der Waals surface area (Å²) >= 11 is 0. The molecule has 0 heterocycles. The Kier molecular flexibility index (Phi) is 6.04. The first-order valence-electron chi connectivity index (χ1n) is 9.33. The Bertz CT molecular complexity index is 640. The lowest BCUT2D eigenvalue weighted by Gasteiger charge is -2.38. The summed E-state index contributed by atoms with van der Waals surface area (Å²) in [5, 5.41) is 42.2. The van der Waals surface area contributed by atoms with Crippen molar-refractivity contribution in [1.29, 1.82) is 0 Å². The molecular weight excluding hydrogens is 316 g/mol. The van der Waals surface area contributed by atoms with E-state index in [9.17, 15) is 20.4 Å². The van der Waals surface area contributed by atoms with Crippen molar-refractivity contribution in [1.82, 2.24) is 0 Å². The highest BCUT2D eigenvalue weighted by Gasteiger charge is 2.38. The molecule has 2 rings (SSSR count). The number of hydrogen-bond donors (Lipinski definition) is 4. The molecule has 0 saturated carbocycles. The Balaban J connectivity index is 2.46. The van der Waals surface area contributed by atoms with Crippen LogP contribution in [-0.4, -0.2) is 26.0 Å². The highest BCUT2D eigenvalue weighted by atomic mass is 16.3. The van der Waals surface area contributed by atoms with Crippen LogP contribution < -0.4 is 0 Å². The second-order valence-corrected chi connectivity index (χ2v) is 7.96. The Morgan fingerprint density at radius 3 is 2.40 bits per heavy atom. The van der Waals surface area contributed by atoms with Gasteiger partial charge in [0.25, 0.3) is 0 Å². The fraction of sp³-hybridized carbons (Fsp3) is 0.619. The lowest BCUT2D eigenvalue weighted by atomic mass is 9.69. The van der Waals surface area contributed by atoms with E-state index < -0.39 is 5.60 Å². The van der Waals surface area contributed by atoms with Crippen LogP contribution in [0, 0.1) is 5.92 Å². The number of aromatic hydroxyl groups is 3. The largest absolute Gasteiger partial charge is 0.507 e. The van der Waals surface area contributed by atoms with Gasteiger partial charge in [0, 0.05) is 17.0 Å². The van der Waals surface area contributed by atoms with E-state index >= 15 is 0 Å². The third kappa shape index (κ3) is 4.30. The van der Waals surface area contributed by atoms with Crippen LogP contribution in [0.3, 0.4) is 0 Å². The average molecular weight is 348 g/mol. The van der Waals surface area contributed by atoms with Gasteiger partial charge in [0.2, 0.25) is 0 Å². The van der Waals surface area contributed by atoms with Gasteiger partial charge in [-0.3, -0.25) is 0 Å². The van der Waals surface area contributed by atoms with Gasteiger partial charge >= 0.3 is 0 Å². The number of rotatable bonds is 6. The third-order valence-corrected chi connectivity index (χ3v) is 5.41. The molecule has 0 saturated heterocycles. The lowest BCUT2D eigenvalue weighted by Crippen LogP contribution is -2.36. The van der Waals surface area contributed by atoms with Gasteiger partial charge in [-0.1, -0.05) is 31.4 Å². The fourth-order valence-electron chi connectivity index (χ4n) is 3.94. The van der Waals surface area contributed by atoms with Crippen molar-refractivity contribution < 1.29 is 20.4 Å². The van der Waals surface area contributed by atoms with E-state index in [2.05, 4.69) is 6.92 Å². The first-order valence-corrected chi connectivity index (χ1v) is 9.33. The summed E-state index contributed by atoms with van der Waals surface area (Å²) in [5.41, 5.74) is 1.11. The van der Waals surface area contributed by atoms with E-state index in [4.69, 9.17) is 0 Å². The number of benzene rings is 1. The number of unbranched alkanes of at least 4 members (excludes halogenated alkanes) is 2. The van der Waals surface area contributed by atoms with Gasteiger partial charge in [-0.2, -0.15) is 0 Å². The number of aliphatic hydroxyl groups is 1. The quantitative estimate of drug-likeness (QED) is 0.259. The first-order chi connectivity index (χ1) is 11.7. The second kappa shape index (κ2) is 7.69. The summed E-state index contributed by atoms with van der Waals surface area (Å²) in [7, 11) is 0. The Hall–Kier alpha value is -1.68. The van der Waals surface area contributed by atoms with Crippen LogP contribution >= 0.6 is 0 Å². The minimum Gasteiger partial charge on any atom is -0.507 e. The van der Waals surface area contributed by atoms with Crippen molar-refractivity contribution in [3.8, 4) is 17.2 Å². The molecule has 0 bridgehead atoms. The number of phenolic OH excluding ortho intramolecular Hbond substituents is 3. The van der Waals surface area contributed by atoms with Crippen molar-refractivity contribution >= 4 is 0 Å². The van der Waals surface area contributed by atoms with Gasteiger partial charge in [-0.15, -0.1) is 0 Å². The van der Waals surface area contributed by atoms with E-state index in [-0.39, 0.29) is 29.1 Å². The Labute approximate surface area is 150 Å². The topological polar surface area (TPSA) is 80.9 Å². The second-order valence-electron chi connectivity index (χ2n) is 7.96. The zero-order valence-corrected chi connectivity index (χ0v) is 15.8. The van der Waals surface area contributed by atoms with Gasteiger partial charge in [-0.05, 0) is 58.4 Å². The van der Waals surface area contributed by atoms with Crippen molar-refractivity contribution in [2.45, 2.75) is 77.7 Å². The minimum absolute atomic E-state index is 0.00741. The van der Waals surface area contributed by atoms with Crippen molar-refractivity contribution in [2.24, 2.45) is 5.92 Å². The predicted octanol–water partition coefficient (Wildman–Crippen LogP) is 4.75. The number of phenols is 3. The van der Waals surface area contributed by atoms with E-state index in [1.165, 1.54) is 0 Å². The predicted molar refractivity (Wildman–Crippen MR) is 100 cm³/mol. The summed E-state index contributed by atoms with van der Waals surface area (Å²) in [6, 6.07) is 1.57. The van der Waals surface area contributed by atoms with Gasteiger partial charge in [0.1, 0.15) is 5.75 Å². The van der Waals surface area contributed by atoms with Crippen LogP contribution in [0.1, 0.15) is 76.8 Å². The number of hydrogen-bond acceptors (Lipinski definition) is 4. The summed E-state index contributed by atoms with van der Waals surface area (Å²) in [6.07, 6.45) is 7.27. The molecule has 1 aliphatic carbocycles. The zero-order chi connectivity index (χ0) is 18.8.